The zero-order valence-electron chi connectivity index (χ0n) is 15.3. The Morgan fingerprint density at radius 2 is 1.93 bits per heavy atom. The Morgan fingerprint density at radius 1 is 1.11 bits per heavy atom. The SMILES string of the molecule is COc1ccccc1-c1nccc(COc2ccc(O)cc2CCC(=O)O)n1. The van der Waals surface area contributed by atoms with E-state index in [-0.39, 0.29) is 25.2 Å². The number of rotatable bonds is 8. The first kappa shape index (κ1) is 19.2. The Kier molecular flexibility index (Phi) is 6.06. The smallest absolute Gasteiger partial charge is 0.303 e. The monoisotopic (exact) mass is 380 g/mol. The summed E-state index contributed by atoms with van der Waals surface area (Å²) in [5.74, 6) is 0.863. The average Bonchev–Trinajstić information content (AvgIpc) is 2.71. The molecule has 0 bridgehead atoms. The fourth-order valence-corrected chi connectivity index (χ4v) is 2.73. The maximum atomic E-state index is 10.8. The van der Waals surface area contributed by atoms with Crippen LogP contribution in [-0.4, -0.2) is 33.3 Å². The number of carboxylic acid groups (broad SMARTS) is 1. The summed E-state index contributed by atoms with van der Waals surface area (Å²) in [6.45, 7) is 0.176. The number of phenolic OH excluding ortho intramolecular Hbond substituents is 1. The standard InChI is InChI=1S/C21H20N2O5/c1-27-19-5-3-2-4-17(19)21-22-11-10-15(23-21)13-28-18-8-7-16(24)12-14(18)6-9-20(25)26/h2-5,7-8,10-12,24H,6,9,13H2,1H3,(H,25,26). The third-order valence-electron chi connectivity index (χ3n) is 4.09. The van der Waals surface area contributed by atoms with Crippen LogP contribution in [0.5, 0.6) is 17.2 Å². The first-order valence-electron chi connectivity index (χ1n) is 8.68. The van der Waals surface area contributed by atoms with Gasteiger partial charge in [-0.2, -0.15) is 0 Å². The molecular formula is C21H20N2O5. The number of aromatic hydroxyl groups is 1. The molecule has 3 rings (SSSR count). The molecule has 3 aromatic rings. The molecule has 1 heterocycles. The molecule has 144 valence electrons. The van der Waals surface area contributed by atoms with Crippen molar-refractivity contribution in [2.24, 2.45) is 0 Å². The van der Waals surface area contributed by atoms with Crippen LogP contribution in [0.15, 0.2) is 54.7 Å². The van der Waals surface area contributed by atoms with Crippen molar-refractivity contribution >= 4 is 5.97 Å². The van der Waals surface area contributed by atoms with Crippen molar-refractivity contribution in [2.75, 3.05) is 7.11 Å². The summed E-state index contributed by atoms with van der Waals surface area (Å²) in [5.41, 5.74) is 2.06. The molecule has 2 aromatic carbocycles. The number of para-hydroxylation sites is 1. The first-order chi connectivity index (χ1) is 13.6. The van der Waals surface area contributed by atoms with Crippen LogP contribution in [0.2, 0.25) is 0 Å². The van der Waals surface area contributed by atoms with Gasteiger partial charge in [-0.25, -0.2) is 9.97 Å². The van der Waals surface area contributed by atoms with E-state index in [2.05, 4.69) is 9.97 Å². The van der Waals surface area contributed by atoms with Gasteiger partial charge in [0, 0.05) is 12.6 Å². The molecule has 0 aliphatic heterocycles. The average molecular weight is 380 g/mol. The molecule has 0 amide bonds. The Labute approximate surface area is 162 Å². The van der Waals surface area contributed by atoms with Crippen molar-refractivity contribution in [1.29, 1.82) is 0 Å². The largest absolute Gasteiger partial charge is 0.508 e. The molecule has 0 saturated carbocycles. The third kappa shape index (κ3) is 4.76. The maximum Gasteiger partial charge on any atom is 0.303 e. The summed E-state index contributed by atoms with van der Waals surface area (Å²) in [4.78, 5) is 19.7. The predicted molar refractivity (Wildman–Crippen MR) is 102 cm³/mol. The topological polar surface area (TPSA) is 102 Å². The van der Waals surface area contributed by atoms with Gasteiger partial charge in [-0.3, -0.25) is 4.79 Å². The third-order valence-corrected chi connectivity index (χ3v) is 4.09. The Hall–Kier alpha value is -3.61. The Morgan fingerprint density at radius 3 is 2.71 bits per heavy atom. The first-order valence-corrected chi connectivity index (χ1v) is 8.68. The number of aromatic nitrogens is 2. The molecule has 0 unspecified atom stereocenters. The second-order valence-corrected chi connectivity index (χ2v) is 6.05. The normalized spacial score (nSPS) is 10.5. The quantitative estimate of drug-likeness (QED) is 0.617. The minimum Gasteiger partial charge on any atom is -0.508 e. The molecule has 2 N–H and O–H groups in total. The van der Waals surface area contributed by atoms with Gasteiger partial charge in [0.15, 0.2) is 5.82 Å². The van der Waals surface area contributed by atoms with Gasteiger partial charge in [0.1, 0.15) is 23.9 Å². The van der Waals surface area contributed by atoms with Crippen LogP contribution in [0.3, 0.4) is 0 Å². The second-order valence-electron chi connectivity index (χ2n) is 6.05. The number of methoxy groups -OCH3 is 1. The van der Waals surface area contributed by atoms with Gasteiger partial charge in [-0.1, -0.05) is 12.1 Å². The molecule has 28 heavy (non-hydrogen) atoms. The zero-order chi connectivity index (χ0) is 19.9. The van der Waals surface area contributed by atoms with E-state index in [0.717, 1.165) is 5.56 Å². The van der Waals surface area contributed by atoms with Crippen molar-refractivity contribution in [3.63, 3.8) is 0 Å². The van der Waals surface area contributed by atoms with Crippen molar-refractivity contribution in [3.05, 3.63) is 66.0 Å². The Balaban J connectivity index is 1.78. The van der Waals surface area contributed by atoms with Crippen molar-refractivity contribution < 1.29 is 24.5 Å². The highest BCUT2D eigenvalue weighted by atomic mass is 16.5. The summed E-state index contributed by atoms with van der Waals surface area (Å²) >= 11 is 0. The number of aryl methyl sites for hydroxylation is 1. The number of aliphatic carboxylic acids is 1. The van der Waals surface area contributed by atoms with E-state index < -0.39 is 5.97 Å². The van der Waals surface area contributed by atoms with E-state index in [0.29, 0.717) is 28.6 Å². The summed E-state index contributed by atoms with van der Waals surface area (Å²) in [6, 6.07) is 13.9. The number of ether oxygens (including phenoxy) is 2. The lowest BCUT2D eigenvalue weighted by Crippen LogP contribution is -2.04. The highest BCUT2D eigenvalue weighted by molar-refractivity contribution is 5.67. The van der Waals surface area contributed by atoms with Crippen LogP contribution in [-0.2, 0) is 17.8 Å². The van der Waals surface area contributed by atoms with Gasteiger partial charge in [0.25, 0.3) is 0 Å². The van der Waals surface area contributed by atoms with Crippen LogP contribution < -0.4 is 9.47 Å². The molecule has 0 spiro atoms. The molecule has 7 heteroatoms. The summed E-state index contributed by atoms with van der Waals surface area (Å²) in [7, 11) is 1.59. The second kappa shape index (κ2) is 8.85. The molecular weight excluding hydrogens is 360 g/mol. The lowest BCUT2D eigenvalue weighted by molar-refractivity contribution is -0.136. The lowest BCUT2D eigenvalue weighted by atomic mass is 10.1. The van der Waals surface area contributed by atoms with Gasteiger partial charge in [-0.05, 0) is 48.4 Å². The minimum absolute atomic E-state index is 0.0503. The number of hydrogen-bond acceptors (Lipinski definition) is 6. The van der Waals surface area contributed by atoms with E-state index in [1.165, 1.54) is 12.1 Å². The molecule has 0 saturated heterocycles. The van der Waals surface area contributed by atoms with Crippen molar-refractivity contribution in [2.45, 2.75) is 19.4 Å². The summed E-state index contributed by atoms with van der Waals surface area (Å²) < 4.78 is 11.2. The van der Waals surface area contributed by atoms with Crippen LogP contribution in [0.1, 0.15) is 17.7 Å². The van der Waals surface area contributed by atoms with Crippen molar-refractivity contribution in [1.82, 2.24) is 9.97 Å². The molecule has 0 atom stereocenters. The van der Waals surface area contributed by atoms with E-state index in [1.54, 1.807) is 25.4 Å². The number of hydrogen-bond donors (Lipinski definition) is 2. The van der Waals surface area contributed by atoms with Crippen LogP contribution >= 0.6 is 0 Å². The molecule has 0 aliphatic carbocycles. The van der Waals surface area contributed by atoms with Crippen LogP contribution in [0, 0.1) is 0 Å². The highest BCUT2D eigenvalue weighted by Gasteiger charge is 2.11. The molecule has 0 aliphatic rings. The van der Waals surface area contributed by atoms with Gasteiger partial charge < -0.3 is 19.7 Å². The fourth-order valence-electron chi connectivity index (χ4n) is 2.73. The van der Waals surface area contributed by atoms with E-state index in [9.17, 15) is 9.90 Å². The fraction of sp³-hybridized carbons (Fsp3) is 0.190. The zero-order valence-corrected chi connectivity index (χ0v) is 15.3. The molecule has 7 nitrogen and oxygen atoms in total. The Bertz CT molecular complexity index is 975. The minimum atomic E-state index is -0.911. The lowest BCUT2D eigenvalue weighted by Gasteiger charge is -2.12. The van der Waals surface area contributed by atoms with E-state index in [1.807, 2.05) is 24.3 Å². The van der Waals surface area contributed by atoms with Gasteiger partial charge >= 0.3 is 5.97 Å². The van der Waals surface area contributed by atoms with Gasteiger partial charge in [0.05, 0.1) is 18.4 Å². The number of carboxylic acids is 1. The molecule has 0 fully saturated rings. The maximum absolute atomic E-state index is 10.8. The van der Waals surface area contributed by atoms with Gasteiger partial charge in [-0.15, -0.1) is 0 Å². The summed E-state index contributed by atoms with van der Waals surface area (Å²) in [6.07, 6.45) is 1.86. The van der Waals surface area contributed by atoms with Crippen LogP contribution in [0.4, 0.5) is 0 Å². The molecule has 0 radical (unpaired) electrons. The summed E-state index contributed by atoms with van der Waals surface area (Å²) in [5, 5.41) is 18.6. The van der Waals surface area contributed by atoms with Crippen LogP contribution in [0.25, 0.3) is 11.4 Å². The number of carbonyl (C=O) groups is 1. The van der Waals surface area contributed by atoms with Crippen molar-refractivity contribution in [3.8, 4) is 28.6 Å². The highest BCUT2D eigenvalue weighted by Crippen LogP contribution is 2.28. The predicted octanol–water partition coefficient (Wildman–Crippen LogP) is 3.45. The number of nitrogens with zero attached hydrogens (tertiary/aromatic N) is 2. The van der Waals surface area contributed by atoms with Gasteiger partial charge in [0.2, 0.25) is 0 Å². The number of benzene rings is 2. The van der Waals surface area contributed by atoms with E-state index >= 15 is 0 Å². The molecule has 1 aromatic heterocycles. The number of phenols is 1. The van der Waals surface area contributed by atoms with E-state index in [4.69, 9.17) is 14.6 Å².